The van der Waals surface area contributed by atoms with Gasteiger partial charge in [0.1, 0.15) is 0 Å². The van der Waals surface area contributed by atoms with Crippen LogP contribution in [0.5, 0.6) is 0 Å². The van der Waals surface area contributed by atoms with Crippen molar-refractivity contribution in [2.75, 3.05) is 6.26 Å². The van der Waals surface area contributed by atoms with Crippen molar-refractivity contribution in [1.29, 1.82) is 0 Å². The maximum absolute atomic E-state index is 10.9. The summed E-state index contributed by atoms with van der Waals surface area (Å²) in [5.41, 5.74) is 0. The molecule has 0 aliphatic heterocycles. The smallest absolute Gasteiger partial charge is 0.194 e. The molecule has 0 heterocycles. The fourth-order valence-corrected chi connectivity index (χ4v) is 1.56. The third-order valence-electron chi connectivity index (χ3n) is 1.57. The number of halogens is 2. The first-order chi connectivity index (χ1) is 4.42. The molecule has 0 aliphatic rings. The van der Waals surface area contributed by atoms with E-state index in [1.807, 2.05) is 13.8 Å². The summed E-state index contributed by atoms with van der Waals surface area (Å²) in [4.78, 5) is 0. The average molecular weight is 203 g/mol. The highest BCUT2D eigenvalue weighted by Gasteiger charge is 2.34. The van der Waals surface area contributed by atoms with Crippen molar-refractivity contribution in [1.82, 2.24) is 0 Å². The van der Waals surface area contributed by atoms with Gasteiger partial charge < -0.3 is 0 Å². The Bertz CT molecular complexity index is 136. The van der Waals surface area contributed by atoms with Gasteiger partial charge in [-0.15, -0.1) is 0 Å². The van der Waals surface area contributed by atoms with Gasteiger partial charge >= 0.3 is 0 Å². The van der Waals surface area contributed by atoms with Crippen molar-refractivity contribution >= 4 is 34.0 Å². The van der Waals surface area contributed by atoms with Gasteiger partial charge in [-0.2, -0.15) is 0 Å². The van der Waals surface area contributed by atoms with Gasteiger partial charge in [0.25, 0.3) is 0 Å². The van der Waals surface area contributed by atoms with Crippen molar-refractivity contribution in [2.45, 2.75) is 23.9 Å². The molecule has 0 saturated carbocycles. The summed E-state index contributed by atoms with van der Waals surface area (Å²) in [5, 5.41) is 0. The maximum atomic E-state index is 10.9. The van der Waals surface area contributed by atoms with Crippen molar-refractivity contribution in [3.8, 4) is 0 Å². The van der Waals surface area contributed by atoms with Crippen LogP contribution in [0.4, 0.5) is 0 Å². The lowest BCUT2D eigenvalue weighted by Crippen LogP contribution is -2.27. The summed E-state index contributed by atoms with van der Waals surface area (Å²) < 4.78 is 9.84. The molecule has 0 aromatic rings. The monoisotopic (exact) mass is 202 g/mol. The second-order valence-electron chi connectivity index (χ2n) is 2.33. The Balaban J connectivity index is 4.23. The van der Waals surface area contributed by atoms with Crippen LogP contribution >= 0.6 is 23.2 Å². The van der Waals surface area contributed by atoms with Crippen LogP contribution in [0.2, 0.25) is 0 Å². The summed E-state index contributed by atoms with van der Waals surface area (Å²) in [7, 11) is -1.18. The van der Waals surface area contributed by atoms with E-state index >= 15 is 0 Å². The molecule has 2 unspecified atom stereocenters. The molecule has 0 fully saturated rings. The Morgan fingerprint density at radius 1 is 1.60 bits per heavy atom. The van der Waals surface area contributed by atoms with Crippen LogP contribution in [0, 0.1) is 5.92 Å². The molecule has 0 radical (unpaired) electrons. The first-order valence-corrected chi connectivity index (χ1v) is 5.45. The predicted octanol–water partition coefficient (Wildman–Crippen LogP) is 2.54. The van der Waals surface area contributed by atoms with Gasteiger partial charge in [0.15, 0.2) is 3.67 Å². The normalized spacial score (nSPS) is 18.5. The van der Waals surface area contributed by atoms with Crippen molar-refractivity contribution in [3.05, 3.63) is 0 Å². The third kappa shape index (κ3) is 2.40. The molecule has 0 amide bonds. The summed E-state index contributed by atoms with van der Waals surface area (Å²) >= 11 is 11.6. The first-order valence-electron chi connectivity index (χ1n) is 3.14. The van der Waals surface area contributed by atoms with Gasteiger partial charge in [-0.3, -0.25) is 4.21 Å². The van der Waals surface area contributed by atoms with Crippen molar-refractivity contribution < 1.29 is 4.21 Å². The Morgan fingerprint density at radius 2 is 2.00 bits per heavy atom. The molecule has 10 heavy (non-hydrogen) atoms. The lowest BCUT2D eigenvalue weighted by atomic mass is 10.1. The van der Waals surface area contributed by atoms with Crippen LogP contribution in [0.25, 0.3) is 0 Å². The van der Waals surface area contributed by atoms with Crippen molar-refractivity contribution in [3.63, 3.8) is 0 Å². The number of rotatable bonds is 3. The van der Waals surface area contributed by atoms with Crippen LogP contribution in [-0.4, -0.2) is 14.1 Å². The van der Waals surface area contributed by atoms with Crippen molar-refractivity contribution in [2.24, 2.45) is 5.92 Å². The van der Waals surface area contributed by atoms with Crippen LogP contribution in [-0.2, 0) is 10.8 Å². The van der Waals surface area contributed by atoms with E-state index in [-0.39, 0.29) is 5.92 Å². The molecule has 0 saturated heterocycles. The SMILES string of the molecule is CCC(C)C(Cl)(Cl)S(C)=O. The number of hydrogen-bond donors (Lipinski definition) is 0. The van der Waals surface area contributed by atoms with E-state index in [4.69, 9.17) is 23.2 Å². The van der Waals surface area contributed by atoms with E-state index in [2.05, 4.69) is 0 Å². The molecule has 4 heteroatoms. The Labute approximate surface area is 74.5 Å². The average Bonchev–Trinajstić information content (AvgIpc) is 1.86. The van der Waals surface area contributed by atoms with E-state index in [1.165, 1.54) is 6.26 Å². The van der Waals surface area contributed by atoms with Gasteiger partial charge in [-0.1, -0.05) is 37.0 Å². The van der Waals surface area contributed by atoms with Gasteiger partial charge in [0.2, 0.25) is 0 Å². The molecule has 2 atom stereocenters. The number of alkyl halides is 2. The first kappa shape index (κ1) is 10.7. The molecule has 0 N–H and O–H groups in total. The molecule has 0 aliphatic carbocycles. The zero-order valence-electron chi connectivity index (χ0n) is 6.36. The Morgan fingerprint density at radius 3 is 2.10 bits per heavy atom. The second kappa shape index (κ2) is 3.93. The minimum atomic E-state index is -1.18. The maximum Gasteiger partial charge on any atom is 0.194 e. The van der Waals surface area contributed by atoms with E-state index in [0.29, 0.717) is 0 Å². The molecule has 0 aromatic carbocycles. The highest BCUT2D eigenvalue weighted by atomic mass is 35.5. The Kier molecular flexibility index (Phi) is 4.22. The molecule has 0 rings (SSSR count). The van der Waals surface area contributed by atoms with Gasteiger partial charge in [0, 0.05) is 12.2 Å². The lowest BCUT2D eigenvalue weighted by Gasteiger charge is -2.22. The molecule has 1 nitrogen and oxygen atoms in total. The van der Waals surface area contributed by atoms with E-state index in [1.54, 1.807) is 0 Å². The zero-order chi connectivity index (χ0) is 8.36. The fraction of sp³-hybridized carbons (Fsp3) is 1.00. The quantitative estimate of drug-likeness (QED) is 0.644. The number of hydrogen-bond acceptors (Lipinski definition) is 1. The highest BCUT2D eigenvalue weighted by Crippen LogP contribution is 2.34. The largest absolute Gasteiger partial charge is 0.257 e. The lowest BCUT2D eigenvalue weighted by molar-refractivity contribution is 0.565. The minimum Gasteiger partial charge on any atom is -0.257 e. The second-order valence-corrected chi connectivity index (χ2v) is 5.71. The van der Waals surface area contributed by atoms with Crippen LogP contribution in [0.15, 0.2) is 0 Å². The van der Waals surface area contributed by atoms with E-state index in [0.717, 1.165) is 6.42 Å². The Hall–Kier alpha value is 0.730. The zero-order valence-corrected chi connectivity index (χ0v) is 8.69. The van der Waals surface area contributed by atoms with Crippen LogP contribution in [0.3, 0.4) is 0 Å². The van der Waals surface area contributed by atoms with Gasteiger partial charge in [0.05, 0.1) is 10.8 Å². The van der Waals surface area contributed by atoms with Gasteiger partial charge in [-0.25, -0.2) is 0 Å². The molecule has 0 spiro atoms. The summed E-state index contributed by atoms with van der Waals surface area (Å²) in [5.74, 6) is 0.0710. The molecule has 0 aromatic heterocycles. The molecule has 62 valence electrons. The van der Waals surface area contributed by atoms with Crippen LogP contribution < -0.4 is 0 Å². The molecule has 0 bridgehead atoms. The summed E-state index contributed by atoms with van der Waals surface area (Å²) in [6.45, 7) is 3.86. The third-order valence-corrected chi connectivity index (χ3v) is 4.79. The highest BCUT2D eigenvalue weighted by molar-refractivity contribution is 7.88. The molecular weight excluding hydrogens is 191 g/mol. The minimum absolute atomic E-state index is 0.0710. The van der Waals surface area contributed by atoms with E-state index < -0.39 is 14.5 Å². The predicted molar refractivity (Wildman–Crippen MR) is 48.0 cm³/mol. The van der Waals surface area contributed by atoms with Gasteiger partial charge in [-0.05, 0) is 6.42 Å². The van der Waals surface area contributed by atoms with Crippen LogP contribution in [0.1, 0.15) is 20.3 Å². The molecular formula is C6H12Cl2OS. The summed E-state index contributed by atoms with van der Waals surface area (Å²) in [6, 6.07) is 0. The fourth-order valence-electron chi connectivity index (χ4n) is 0.521. The summed E-state index contributed by atoms with van der Waals surface area (Å²) in [6.07, 6.45) is 2.36. The topological polar surface area (TPSA) is 17.1 Å². The van der Waals surface area contributed by atoms with E-state index in [9.17, 15) is 4.21 Å². The standard InChI is InChI=1S/C6H12Cl2OS/c1-4-5(2)6(7,8)10(3)9/h5H,4H2,1-3H3.